The van der Waals surface area contributed by atoms with Gasteiger partial charge in [-0.2, -0.15) is 0 Å². The molecule has 0 aliphatic carbocycles. The number of furan rings is 1. The SMILES string of the molecule is COc1ccccc1C=CC=C1Oc2cc(OC(=O)c3c(C)oc4ccc(OCc5ccccc5)cc34)ccc2C1=O. The Morgan fingerprint density at radius 3 is 2.52 bits per heavy atom. The summed E-state index contributed by atoms with van der Waals surface area (Å²) in [5.41, 5.74) is 3.13. The molecule has 1 aliphatic heterocycles. The zero-order chi connectivity index (χ0) is 29.1. The molecule has 0 unspecified atom stereocenters. The predicted octanol–water partition coefficient (Wildman–Crippen LogP) is 7.72. The van der Waals surface area contributed by atoms with Gasteiger partial charge >= 0.3 is 5.97 Å². The molecule has 0 radical (unpaired) electrons. The molecule has 0 saturated heterocycles. The van der Waals surface area contributed by atoms with Crippen LogP contribution in [0.5, 0.6) is 23.0 Å². The quantitative estimate of drug-likeness (QED) is 0.110. The predicted molar refractivity (Wildman–Crippen MR) is 158 cm³/mol. The smallest absolute Gasteiger partial charge is 0.347 e. The Morgan fingerprint density at radius 1 is 0.905 bits per heavy atom. The molecule has 1 aromatic heterocycles. The summed E-state index contributed by atoms with van der Waals surface area (Å²) in [5, 5.41) is 0.586. The van der Waals surface area contributed by atoms with Crippen molar-refractivity contribution in [2.24, 2.45) is 0 Å². The Balaban J connectivity index is 1.18. The molecule has 4 aromatic carbocycles. The first kappa shape index (κ1) is 26.7. The molecule has 1 aliphatic rings. The van der Waals surface area contributed by atoms with Crippen molar-refractivity contribution in [1.29, 1.82) is 0 Å². The summed E-state index contributed by atoms with van der Waals surface area (Å²) in [5.74, 6) is 1.62. The van der Waals surface area contributed by atoms with Gasteiger partial charge in [0.05, 0.1) is 12.7 Å². The minimum atomic E-state index is -0.591. The molecule has 0 spiro atoms. The summed E-state index contributed by atoms with van der Waals surface area (Å²) < 4.78 is 28.6. The molecule has 0 saturated carbocycles. The van der Waals surface area contributed by atoms with E-state index in [1.165, 1.54) is 6.07 Å². The summed E-state index contributed by atoms with van der Waals surface area (Å²) in [7, 11) is 1.60. The van der Waals surface area contributed by atoms with E-state index in [9.17, 15) is 9.59 Å². The van der Waals surface area contributed by atoms with E-state index < -0.39 is 5.97 Å². The fraction of sp³-hybridized carbons (Fsp3) is 0.0857. The van der Waals surface area contributed by atoms with E-state index in [1.54, 1.807) is 56.5 Å². The van der Waals surface area contributed by atoms with Crippen LogP contribution in [-0.4, -0.2) is 18.9 Å². The Kier molecular flexibility index (Phi) is 7.30. The van der Waals surface area contributed by atoms with Gasteiger partial charge in [-0.1, -0.05) is 60.7 Å². The molecule has 0 N–H and O–H groups in total. The van der Waals surface area contributed by atoms with E-state index in [4.69, 9.17) is 23.4 Å². The van der Waals surface area contributed by atoms with Gasteiger partial charge in [0.15, 0.2) is 5.76 Å². The lowest BCUT2D eigenvalue weighted by Gasteiger charge is -2.07. The van der Waals surface area contributed by atoms with Gasteiger partial charge in [0.25, 0.3) is 0 Å². The summed E-state index contributed by atoms with van der Waals surface area (Å²) in [6, 6.07) is 27.4. The summed E-state index contributed by atoms with van der Waals surface area (Å²) >= 11 is 0. The Morgan fingerprint density at radius 2 is 1.69 bits per heavy atom. The number of carbonyl (C=O) groups is 2. The highest BCUT2D eigenvalue weighted by Gasteiger charge is 2.28. The third-order valence-electron chi connectivity index (χ3n) is 6.80. The standard InChI is InChI=1S/C35H26O7/c1-22-33(28-19-25(16-18-30(28)40-22)39-21-23-9-4-3-5-10-23)35(37)41-26-15-17-27-32(20-26)42-31(34(27)36)14-8-12-24-11-6-7-13-29(24)38-2/h3-20H,21H2,1-2H3. The fourth-order valence-electron chi connectivity index (χ4n) is 4.73. The highest BCUT2D eigenvalue weighted by Crippen LogP contribution is 2.36. The van der Waals surface area contributed by atoms with E-state index in [2.05, 4.69) is 0 Å². The van der Waals surface area contributed by atoms with Crippen LogP contribution in [0, 0.1) is 6.92 Å². The molecule has 7 heteroatoms. The summed E-state index contributed by atoms with van der Waals surface area (Å²) in [6.07, 6.45) is 5.15. The number of allylic oxidation sites excluding steroid dienone is 3. The molecule has 0 atom stereocenters. The molecule has 6 rings (SSSR count). The van der Waals surface area contributed by atoms with Gasteiger partial charge in [-0.05, 0) is 55.0 Å². The van der Waals surface area contributed by atoms with Crippen molar-refractivity contribution in [2.45, 2.75) is 13.5 Å². The van der Waals surface area contributed by atoms with Crippen molar-refractivity contribution in [3.05, 3.63) is 137 Å². The number of methoxy groups -OCH3 is 1. The number of ether oxygens (including phenoxy) is 4. The first-order valence-corrected chi connectivity index (χ1v) is 13.3. The number of rotatable bonds is 8. The maximum Gasteiger partial charge on any atom is 0.347 e. The third kappa shape index (κ3) is 5.40. The van der Waals surface area contributed by atoms with Crippen LogP contribution < -0.4 is 18.9 Å². The Hall–Kier alpha value is -5.56. The van der Waals surface area contributed by atoms with Crippen molar-refractivity contribution in [3.63, 3.8) is 0 Å². The van der Waals surface area contributed by atoms with Gasteiger partial charge < -0.3 is 23.4 Å². The molecule has 0 amide bonds. The lowest BCUT2D eigenvalue weighted by Crippen LogP contribution is -2.09. The Labute approximate surface area is 242 Å². The molecule has 2 heterocycles. The zero-order valence-electron chi connectivity index (χ0n) is 23.0. The van der Waals surface area contributed by atoms with E-state index in [-0.39, 0.29) is 17.3 Å². The number of Topliss-reactive ketones (excluding diaryl/α,β-unsaturated/α-hetero) is 1. The molecular formula is C35H26O7. The highest BCUT2D eigenvalue weighted by atomic mass is 16.5. The second-order valence-electron chi connectivity index (χ2n) is 9.58. The minimum absolute atomic E-state index is 0.166. The lowest BCUT2D eigenvalue weighted by atomic mass is 10.1. The van der Waals surface area contributed by atoms with E-state index in [0.717, 1.165) is 16.9 Å². The molecule has 5 aromatic rings. The Bertz CT molecular complexity index is 1860. The van der Waals surface area contributed by atoms with Gasteiger partial charge in [0.2, 0.25) is 5.78 Å². The lowest BCUT2D eigenvalue weighted by molar-refractivity contribution is 0.0734. The molecular weight excluding hydrogens is 532 g/mol. The van der Waals surface area contributed by atoms with Crippen LogP contribution in [0.15, 0.2) is 113 Å². The molecule has 7 nitrogen and oxygen atoms in total. The summed E-state index contributed by atoms with van der Waals surface area (Å²) in [4.78, 5) is 26.2. The molecule has 0 fully saturated rings. The number of hydrogen-bond acceptors (Lipinski definition) is 7. The second-order valence-corrected chi connectivity index (χ2v) is 9.58. The van der Waals surface area contributed by atoms with Crippen molar-refractivity contribution >= 4 is 28.8 Å². The van der Waals surface area contributed by atoms with E-state index in [0.29, 0.717) is 46.0 Å². The number of hydrogen-bond donors (Lipinski definition) is 0. The van der Waals surface area contributed by atoms with E-state index in [1.807, 2.05) is 60.7 Å². The molecule has 42 heavy (non-hydrogen) atoms. The van der Waals surface area contributed by atoms with Gasteiger partial charge in [0.1, 0.15) is 46.5 Å². The topological polar surface area (TPSA) is 84.2 Å². The number of ketones is 1. The van der Waals surface area contributed by atoms with Gasteiger partial charge in [0, 0.05) is 17.0 Å². The average Bonchev–Trinajstić information content (AvgIpc) is 3.51. The molecule has 0 bridgehead atoms. The van der Waals surface area contributed by atoms with Crippen LogP contribution in [0.4, 0.5) is 0 Å². The average molecular weight is 559 g/mol. The van der Waals surface area contributed by atoms with Crippen molar-refractivity contribution in [1.82, 2.24) is 0 Å². The van der Waals surface area contributed by atoms with Crippen LogP contribution in [0.3, 0.4) is 0 Å². The molecule has 208 valence electrons. The number of esters is 1. The van der Waals surface area contributed by atoms with Crippen LogP contribution in [0.1, 0.15) is 37.6 Å². The number of carbonyl (C=O) groups excluding carboxylic acids is 2. The van der Waals surface area contributed by atoms with Gasteiger partial charge in [-0.3, -0.25) is 4.79 Å². The minimum Gasteiger partial charge on any atom is -0.496 e. The highest BCUT2D eigenvalue weighted by molar-refractivity contribution is 6.12. The van der Waals surface area contributed by atoms with Crippen LogP contribution in [-0.2, 0) is 6.61 Å². The van der Waals surface area contributed by atoms with Crippen molar-refractivity contribution in [3.8, 4) is 23.0 Å². The van der Waals surface area contributed by atoms with Crippen molar-refractivity contribution < 1.29 is 33.0 Å². The number of aryl methyl sites for hydroxylation is 1. The monoisotopic (exact) mass is 558 g/mol. The van der Waals surface area contributed by atoms with Crippen molar-refractivity contribution in [2.75, 3.05) is 7.11 Å². The van der Waals surface area contributed by atoms with Crippen LogP contribution >= 0.6 is 0 Å². The largest absolute Gasteiger partial charge is 0.496 e. The number of fused-ring (bicyclic) bond motifs is 2. The van der Waals surface area contributed by atoms with E-state index >= 15 is 0 Å². The maximum atomic E-state index is 13.3. The number of benzene rings is 4. The normalized spacial score (nSPS) is 13.4. The number of para-hydroxylation sites is 1. The first-order chi connectivity index (χ1) is 20.5. The van der Waals surface area contributed by atoms with Crippen LogP contribution in [0.2, 0.25) is 0 Å². The van der Waals surface area contributed by atoms with Gasteiger partial charge in [-0.15, -0.1) is 0 Å². The van der Waals surface area contributed by atoms with Gasteiger partial charge in [-0.25, -0.2) is 4.79 Å². The first-order valence-electron chi connectivity index (χ1n) is 13.3. The second kappa shape index (κ2) is 11.5. The fourth-order valence-corrected chi connectivity index (χ4v) is 4.73. The third-order valence-corrected chi connectivity index (χ3v) is 6.80. The maximum absolute atomic E-state index is 13.3. The zero-order valence-corrected chi connectivity index (χ0v) is 23.0. The summed E-state index contributed by atoms with van der Waals surface area (Å²) in [6.45, 7) is 2.10. The van der Waals surface area contributed by atoms with Crippen LogP contribution in [0.25, 0.3) is 17.0 Å².